The van der Waals surface area contributed by atoms with Crippen LogP contribution in [0.4, 0.5) is 4.48 Å². The fourth-order valence-corrected chi connectivity index (χ4v) is 3.02. The highest BCUT2D eigenvalue weighted by atomic mass is 79.9. The van der Waals surface area contributed by atoms with Gasteiger partial charge in [-0.3, -0.25) is 4.79 Å². The molecule has 0 saturated heterocycles. The summed E-state index contributed by atoms with van der Waals surface area (Å²) in [5.74, 6) is -2.74. The van der Waals surface area contributed by atoms with Crippen LogP contribution in [0.2, 0.25) is 0 Å². The summed E-state index contributed by atoms with van der Waals surface area (Å²) in [6.45, 7) is -1.16. The van der Waals surface area contributed by atoms with Crippen molar-refractivity contribution in [3.8, 4) is 5.75 Å². The van der Waals surface area contributed by atoms with E-state index in [1.54, 1.807) is 24.3 Å². The molecule has 10 heteroatoms. The molecule has 1 N–H and O–H groups in total. The summed E-state index contributed by atoms with van der Waals surface area (Å²) in [4.78, 5) is 22.9. The van der Waals surface area contributed by atoms with Crippen molar-refractivity contribution in [1.29, 1.82) is 0 Å². The first-order chi connectivity index (χ1) is 12.6. The van der Waals surface area contributed by atoms with Gasteiger partial charge in [-0.25, -0.2) is 13.2 Å². The number of ether oxygens (including phenoxy) is 1. The Hall–Kier alpha value is -2.46. The lowest BCUT2D eigenvalue weighted by Gasteiger charge is -2.16. The van der Waals surface area contributed by atoms with Crippen LogP contribution in [-0.2, 0) is 21.2 Å². The predicted octanol–water partition coefficient (Wildman–Crippen LogP) is 2.84. The number of hydrogen-bond acceptors (Lipinski definition) is 5. The third-order valence-corrected chi connectivity index (χ3v) is 5.06. The maximum Gasteiger partial charge on any atom is 0.341 e. The van der Waals surface area contributed by atoms with Gasteiger partial charge in [0, 0.05) is 10.7 Å². The topological polar surface area (TPSA) is 101 Å². The summed E-state index contributed by atoms with van der Waals surface area (Å²) in [5.41, 5.74) is 0.234. The molecule has 0 aromatic heterocycles. The number of halogens is 2. The number of hydrogen-bond donors (Lipinski definition) is 1. The van der Waals surface area contributed by atoms with Gasteiger partial charge in [-0.1, -0.05) is 32.5 Å². The van der Waals surface area contributed by atoms with Crippen molar-refractivity contribution in [2.24, 2.45) is 0 Å². The predicted molar refractivity (Wildman–Crippen MR) is 97.8 cm³/mol. The van der Waals surface area contributed by atoms with Crippen LogP contribution in [0.25, 0.3) is 0 Å². The minimum Gasteiger partial charge on any atom is -0.481 e. The molecule has 27 heavy (non-hydrogen) atoms. The first-order valence-electron chi connectivity index (χ1n) is 7.48. The number of carbonyl (C=O) groups excluding carboxylic acids is 1. The van der Waals surface area contributed by atoms with Crippen molar-refractivity contribution in [3.05, 3.63) is 58.1 Å². The smallest absolute Gasteiger partial charge is 0.341 e. The van der Waals surface area contributed by atoms with E-state index in [1.807, 2.05) is 0 Å². The van der Waals surface area contributed by atoms with E-state index < -0.39 is 28.3 Å². The van der Waals surface area contributed by atoms with E-state index in [0.717, 1.165) is 28.9 Å². The van der Waals surface area contributed by atoms with Crippen LogP contribution in [0.15, 0.2) is 51.8 Å². The van der Waals surface area contributed by atoms with E-state index in [-0.39, 0.29) is 27.9 Å². The highest BCUT2D eigenvalue weighted by Crippen LogP contribution is 2.26. The van der Waals surface area contributed by atoms with Gasteiger partial charge in [-0.05, 0) is 35.9 Å². The minimum atomic E-state index is -3.63. The summed E-state index contributed by atoms with van der Waals surface area (Å²) < 4.78 is 43.5. The van der Waals surface area contributed by atoms with Gasteiger partial charge in [0.15, 0.2) is 16.4 Å². The third-order valence-electron chi connectivity index (χ3n) is 3.42. The number of carboxylic acid groups (broad SMARTS) is 1. The summed E-state index contributed by atoms with van der Waals surface area (Å²) >= 11 is 3.25. The van der Waals surface area contributed by atoms with Gasteiger partial charge in [0.05, 0.1) is 17.0 Å². The Morgan fingerprint density at radius 1 is 1.19 bits per heavy atom. The molecule has 0 bridgehead atoms. The van der Waals surface area contributed by atoms with Crippen molar-refractivity contribution in [3.63, 3.8) is 0 Å². The molecule has 0 spiro atoms. The second-order valence-corrected chi connectivity index (χ2v) is 8.50. The minimum absolute atomic E-state index is 0.0632. The lowest BCUT2D eigenvalue weighted by Crippen LogP contribution is -2.23. The highest BCUT2D eigenvalue weighted by molar-refractivity contribution is 9.10. The monoisotopic (exact) mass is 459 g/mol. The zero-order valence-corrected chi connectivity index (χ0v) is 16.5. The molecule has 0 aliphatic heterocycles. The van der Waals surface area contributed by atoms with Crippen molar-refractivity contribution < 1.29 is 32.3 Å². The third kappa shape index (κ3) is 5.76. The standard InChI is InChI=1S/C17H15BrFNO6S/c1-27(24,25)13-6-7-14(15(8-13)26-10-16(21)22)17(23)20(19)9-11-2-4-12(18)5-3-11/h2-8H,9-10H2,1H3,(H,21,22). The lowest BCUT2D eigenvalue weighted by atomic mass is 10.1. The molecule has 0 fully saturated rings. The van der Waals surface area contributed by atoms with E-state index in [9.17, 15) is 22.5 Å². The molecular formula is C17H15BrFNO6S. The normalized spacial score (nSPS) is 11.1. The van der Waals surface area contributed by atoms with Gasteiger partial charge in [-0.15, -0.1) is 0 Å². The van der Waals surface area contributed by atoms with Crippen LogP contribution >= 0.6 is 15.9 Å². The molecule has 1 amide bonds. The van der Waals surface area contributed by atoms with E-state index in [4.69, 9.17) is 9.84 Å². The summed E-state index contributed by atoms with van der Waals surface area (Å²) in [6, 6.07) is 9.84. The first-order valence-corrected chi connectivity index (χ1v) is 10.2. The zero-order valence-electron chi connectivity index (χ0n) is 14.1. The van der Waals surface area contributed by atoms with Crippen LogP contribution in [0, 0.1) is 0 Å². The lowest BCUT2D eigenvalue weighted by molar-refractivity contribution is -0.139. The molecule has 2 rings (SSSR count). The number of benzene rings is 2. The SMILES string of the molecule is CS(=O)(=O)c1ccc(C(=O)N(F)Cc2ccc(Br)cc2)c(OCC(=O)O)c1. The van der Waals surface area contributed by atoms with Crippen molar-refractivity contribution in [2.45, 2.75) is 11.4 Å². The zero-order chi connectivity index (χ0) is 20.2. The first kappa shape index (κ1) is 20.8. The van der Waals surface area contributed by atoms with Gasteiger partial charge in [0.1, 0.15) is 5.75 Å². The Balaban J connectivity index is 2.31. The van der Waals surface area contributed by atoms with Crippen LogP contribution in [0.3, 0.4) is 0 Å². The number of aliphatic carboxylic acids is 1. The van der Waals surface area contributed by atoms with Crippen molar-refractivity contribution in [1.82, 2.24) is 5.12 Å². The summed E-state index contributed by atoms with van der Waals surface area (Å²) in [7, 11) is -3.63. The molecule has 2 aromatic carbocycles. The van der Waals surface area contributed by atoms with Crippen LogP contribution in [0.5, 0.6) is 5.75 Å². The van der Waals surface area contributed by atoms with Gasteiger partial charge in [0.2, 0.25) is 0 Å². The molecule has 0 heterocycles. The summed E-state index contributed by atoms with van der Waals surface area (Å²) in [5, 5.41) is 8.68. The van der Waals surface area contributed by atoms with Crippen LogP contribution < -0.4 is 4.74 Å². The quantitative estimate of drug-likeness (QED) is 0.638. The molecule has 0 aliphatic rings. The number of sulfone groups is 1. The number of nitrogens with zero attached hydrogens (tertiary/aromatic N) is 1. The molecular weight excluding hydrogens is 445 g/mol. The number of rotatable bonds is 7. The van der Waals surface area contributed by atoms with Crippen LogP contribution in [0.1, 0.15) is 15.9 Å². The molecule has 7 nitrogen and oxygen atoms in total. The van der Waals surface area contributed by atoms with Crippen molar-refractivity contribution in [2.75, 3.05) is 12.9 Å². The second-order valence-electron chi connectivity index (χ2n) is 5.56. The summed E-state index contributed by atoms with van der Waals surface area (Å²) in [6.07, 6.45) is 0.944. The number of carboxylic acids is 1. The Bertz CT molecular complexity index is 962. The average Bonchev–Trinajstić information content (AvgIpc) is 2.60. The molecule has 0 radical (unpaired) electrons. The maximum atomic E-state index is 14.4. The van der Waals surface area contributed by atoms with Gasteiger partial charge < -0.3 is 9.84 Å². The van der Waals surface area contributed by atoms with E-state index >= 15 is 0 Å². The Kier molecular flexibility index (Phi) is 6.55. The Morgan fingerprint density at radius 2 is 1.81 bits per heavy atom. The molecule has 0 saturated carbocycles. The Morgan fingerprint density at radius 3 is 2.37 bits per heavy atom. The largest absolute Gasteiger partial charge is 0.481 e. The molecule has 0 unspecified atom stereocenters. The van der Waals surface area contributed by atoms with Crippen LogP contribution in [-0.4, -0.2) is 43.4 Å². The highest BCUT2D eigenvalue weighted by Gasteiger charge is 2.23. The van der Waals surface area contributed by atoms with E-state index in [2.05, 4.69) is 15.9 Å². The fraction of sp³-hybridized carbons (Fsp3) is 0.176. The average molecular weight is 460 g/mol. The van der Waals surface area contributed by atoms with Gasteiger partial charge in [0.25, 0.3) is 5.91 Å². The van der Waals surface area contributed by atoms with E-state index in [0.29, 0.717) is 5.56 Å². The fourth-order valence-electron chi connectivity index (χ4n) is 2.12. The number of carbonyl (C=O) groups is 2. The van der Waals surface area contributed by atoms with Gasteiger partial charge >= 0.3 is 5.97 Å². The molecule has 0 atom stereocenters. The Labute approximate surface area is 163 Å². The molecule has 2 aromatic rings. The van der Waals surface area contributed by atoms with Crippen molar-refractivity contribution >= 4 is 37.6 Å². The van der Waals surface area contributed by atoms with E-state index in [1.165, 1.54) is 0 Å². The molecule has 0 aliphatic carbocycles. The maximum absolute atomic E-state index is 14.4. The van der Waals surface area contributed by atoms with Gasteiger partial charge in [-0.2, -0.15) is 5.12 Å². The molecule has 144 valence electrons. The number of amides is 1. The second kappa shape index (κ2) is 8.49.